The van der Waals surface area contributed by atoms with Gasteiger partial charge < -0.3 is 15.3 Å². The molecule has 1 atom stereocenters. The maximum absolute atomic E-state index is 11.9. The first-order valence-electron chi connectivity index (χ1n) is 5.95. The van der Waals surface area contributed by atoms with Gasteiger partial charge in [0.05, 0.1) is 0 Å². The highest BCUT2D eigenvalue weighted by Crippen LogP contribution is 2.15. The van der Waals surface area contributed by atoms with Crippen LogP contribution in [0.5, 0.6) is 0 Å². The number of hydrogen-bond donors (Lipinski definition) is 2. The van der Waals surface area contributed by atoms with E-state index in [1.54, 1.807) is 0 Å². The van der Waals surface area contributed by atoms with E-state index in [0.717, 1.165) is 24.5 Å². The Bertz CT molecular complexity index is 273. The van der Waals surface area contributed by atoms with Gasteiger partial charge >= 0.3 is 12.0 Å². The average Bonchev–Trinajstić information content (AvgIpc) is 2.48. The first-order chi connectivity index (χ1) is 8.11. The molecule has 0 spiro atoms. The second-order valence-corrected chi connectivity index (χ2v) is 5.40. The summed E-state index contributed by atoms with van der Waals surface area (Å²) in [7, 11) is 0. The van der Waals surface area contributed by atoms with Crippen molar-refractivity contribution in [3.8, 4) is 0 Å². The van der Waals surface area contributed by atoms with Crippen molar-refractivity contribution in [2.45, 2.75) is 32.2 Å². The zero-order valence-corrected chi connectivity index (χ0v) is 11.0. The minimum absolute atomic E-state index is 0.0645. The van der Waals surface area contributed by atoms with Crippen LogP contribution in [0, 0.1) is 0 Å². The van der Waals surface area contributed by atoms with Gasteiger partial charge in [-0.05, 0) is 25.5 Å². The average molecular weight is 260 g/mol. The summed E-state index contributed by atoms with van der Waals surface area (Å²) in [5.74, 6) is 1.26. The van der Waals surface area contributed by atoms with E-state index in [9.17, 15) is 9.59 Å². The highest BCUT2D eigenvalue weighted by atomic mass is 32.2. The van der Waals surface area contributed by atoms with Gasteiger partial charge in [-0.25, -0.2) is 4.79 Å². The molecule has 6 heteroatoms. The van der Waals surface area contributed by atoms with E-state index >= 15 is 0 Å². The summed E-state index contributed by atoms with van der Waals surface area (Å²) in [6.45, 7) is 3.26. The fourth-order valence-electron chi connectivity index (χ4n) is 1.73. The maximum atomic E-state index is 11.9. The van der Waals surface area contributed by atoms with Crippen molar-refractivity contribution in [1.29, 1.82) is 0 Å². The monoisotopic (exact) mass is 260 g/mol. The molecular formula is C11H20N2O3S. The summed E-state index contributed by atoms with van der Waals surface area (Å²) in [6.07, 6.45) is 1.61. The topological polar surface area (TPSA) is 69.6 Å². The van der Waals surface area contributed by atoms with E-state index in [2.05, 4.69) is 12.2 Å². The van der Waals surface area contributed by atoms with E-state index in [1.807, 2.05) is 16.7 Å². The molecule has 1 fully saturated rings. The summed E-state index contributed by atoms with van der Waals surface area (Å²) in [6, 6.07) is 0.204. The second kappa shape index (κ2) is 7.42. The SMILES string of the molecule is CC1CCSCCN1C(=O)NCCCC(=O)O. The Balaban J connectivity index is 2.27. The number of nitrogens with zero attached hydrogens (tertiary/aromatic N) is 1. The summed E-state index contributed by atoms with van der Waals surface area (Å²) < 4.78 is 0. The Morgan fingerprint density at radius 1 is 1.47 bits per heavy atom. The van der Waals surface area contributed by atoms with Gasteiger partial charge in [-0.15, -0.1) is 0 Å². The van der Waals surface area contributed by atoms with Crippen LogP contribution >= 0.6 is 11.8 Å². The molecule has 0 bridgehead atoms. The first-order valence-corrected chi connectivity index (χ1v) is 7.10. The molecule has 1 saturated heterocycles. The standard InChI is InChI=1S/C11H20N2O3S/c1-9-4-7-17-8-6-13(9)11(16)12-5-2-3-10(14)15/h9H,2-8H2,1H3,(H,12,16)(H,14,15). The van der Waals surface area contributed by atoms with Crippen LogP contribution in [0.2, 0.25) is 0 Å². The molecule has 2 amide bonds. The number of hydrogen-bond acceptors (Lipinski definition) is 3. The zero-order valence-electron chi connectivity index (χ0n) is 10.1. The second-order valence-electron chi connectivity index (χ2n) is 4.17. The minimum Gasteiger partial charge on any atom is -0.481 e. The summed E-state index contributed by atoms with van der Waals surface area (Å²) in [5, 5.41) is 11.3. The van der Waals surface area contributed by atoms with Crippen molar-refractivity contribution >= 4 is 23.8 Å². The van der Waals surface area contributed by atoms with Crippen LogP contribution in [-0.4, -0.2) is 52.6 Å². The van der Waals surface area contributed by atoms with Gasteiger partial charge in [-0.3, -0.25) is 4.79 Å². The van der Waals surface area contributed by atoms with Crippen molar-refractivity contribution in [3.63, 3.8) is 0 Å². The molecule has 5 nitrogen and oxygen atoms in total. The predicted molar refractivity (Wildman–Crippen MR) is 68.4 cm³/mol. The van der Waals surface area contributed by atoms with Crippen molar-refractivity contribution in [1.82, 2.24) is 10.2 Å². The van der Waals surface area contributed by atoms with Crippen LogP contribution in [0.1, 0.15) is 26.2 Å². The molecule has 0 radical (unpaired) electrons. The normalized spacial score (nSPS) is 20.8. The Morgan fingerprint density at radius 2 is 2.24 bits per heavy atom. The zero-order chi connectivity index (χ0) is 12.7. The molecular weight excluding hydrogens is 240 g/mol. The van der Waals surface area contributed by atoms with Gasteiger partial charge in [0.15, 0.2) is 0 Å². The molecule has 1 rings (SSSR count). The quantitative estimate of drug-likeness (QED) is 0.749. The lowest BCUT2D eigenvalue weighted by Crippen LogP contribution is -2.45. The summed E-state index contributed by atoms with van der Waals surface area (Å²) in [5.41, 5.74) is 0. The van der Waals surface area contributed by atoms with E-state index in [0.29, 0.717) is 13.0 Å². The number of carbonyl (C=O) groups is 2. The van der Waals surface area contributed by atoms with E-state index in [1.165, 1.54) is 0 Å². The Labute approximate surface area is 106 Å². The summed E-state index contributed by atoms with van der Waals surface area (Å²) >= 11 is 1.87. The largest absolute Gasteiger partial charge is 0.481 e. The van der Waals surface area contributed by atoms with Crippen LogP contribution in [0.25, 0.3) is 0 Å². The van der Waals surface area contributed by atoms with Gasteiger partial charge in [-0.1, -0.05) is 0 Å². The predicted octanol–water partition coefficient (Wildman–Crippen LogP) is 1.39. The summed E-state index contributed by atoms with van der Waals surface area (Å²) in [4.78, 5) is 24.0. The molecule has 17 heavy (non-hydrogen) atoms. The highest BCUT2D eigenvalue weighted by molar-refractivity contribution is 7.99. The van der Waals surface area contributed by atoms with Crippen molar-refractivity contribution in [2.75, 3.05) is 24.6 Å². The first kappa shape index (κ1) is 14.2. The number of carbonyl (C=O) groups excluding carboxylic acids is 1. The Hall–Kier alpha value is -0.910. The van der Waals surface area contributed by atoms with Crippen molar-refractivity contribution in [3.05, 3.63) is 0 Å². The molecule has 0 aliphatic carbocycles. The lowest BCUT2D eigenvalue weighted by molar-refractivity contribution is -0.137. The smallest absolute Gasteiger partial charge is 0.317 e. The Morgan fingerprint density at radius 3 is 2.94 bits per heavy atom. The van der Waals surface area contributed by atoms with Gasteiger partial charge in [0.1, 0.15) is 0 Å². The minimum atomic E-state index is -0.821. The molecule has 0 saturated carbocycles. The fourth-order valence-corrected chi connectivity index (χ4v) is 2.77. The van der Waals surface area contributed by atoms with Gasteiger partial charge in [0, 0.05) is 31.3 Å². The highest BCUT2D eigenvalue weighted by Gasteiger charge is 2.21. The van der Waals surface area contributed by atoms with Crippen LogP contribution in [0.15, 0.2) is 0 Å². The van der Waals surface area contributed by atoms with E-state index in [4.69, 9.17) is 5.11 Å². The number of urea groups is 1. The number of carboxylic acid groups (broad SMARTS) is 1. The third-order valence-corrected chi connectivity index (χ3v) is 3.79. The molecule has 1 aliphatic heterocycles. The lowest BCUT2D eigenvalue weighted by Gasteiger charge is -2.26. The van der Waals surface area contributed by atoms with Gasteiger partial charge in [0.25, 0.3) is 0 Å². The number of rotatable bonds is 4. The molecule has 98 valence electrons. The van der Waals surface area contributed by atoms with Crippen LogP contribution in [-0.2, 0) is 4.79 Å². The Kier molecular flexibility index (Phi) is 6.18. The molecule has 1 unspecified atom stereocenters. The van der Waals surface area contributed by atoms with E-state index < -0.39 is 5.97 Å². The molecule has 0 aromatic heterocycles. The van der Waals surface area contributed by atoms with Crippen LogP contribution < -0.4 is 5.32 Å². The van der Waals surface area contributed by atoms with Crippen LogP contribution in [0.4, 0.5) is 4.79 Å². The lowest BCUT2D eigenvalue weighted by atomic mass is 10.2. The van der Waals surface area contributed by atoms with E-state index in [-0.39, 0.29) is 18.5 Å². The van der Waals surface area contributed by atoms with Crippen molar-refractivity contribution in [2.24, 2.45) is 0 Å². The van der Waals surface area contributed by atoms with Gasteiger partial charge in [-0.2, -0.15) is 11.8 Å². The number of amides is 2. The van der Waals surface area contributed by atoms with Crippen LogP contribution in [0.3, 0.4) is 0 Å². The third kappa shape index (κ3) is 5.30. The number of aliphatic carboxylic acids is 1. The van der Waals surface area contributed by atoms with Crippen molar-refractivity contribution < 1.29 is 14.7 Å². The molecule has 1 heterocycles. The number of carboxylic acids is 1. The molecule has 0 aromatic carbocycles. The molecule has 0 aromatic rings. The number of thioether (sulfide) groups is 1. The van der Waals surface area contributed by atoms with Gasteiger partial charge in [0.2, 0.25) is 0 Å². The maximum Gasteiger partial charge on any atom is 0.317 e. The third-order valence-electron chi connectivity index (χ3n) is 2.79. The fraction of sp³-hybridized carbons (Fsp3) is 0.818. The molecule has 2 N–H and O–H groups in total. The molecule has 1 aliphatic rings. The number of nitrogens with one attached hydrogen (secondary N) is 1.